The van der Waals surface area contributed by atoms with Crippen LogP contribution in [0.15, 0.2) is 21.6 Å². The van der Waals surface area contributed by atoms with Gasteiger partial charge in [-0.1, -0.05) is 12.1 Å². The van der Waals surface area contributed by atoms with Gasteiger partial charge in [-0.05, 0) is 44.0 Å². The molecule has 4 heteroatoms. The molecular weight excluding hydrogens is 312 g/mol. The molecule has 0 aliphatic carbocycles. The Hall–Kier alpha value is -0.480. The number of halogens is 2. The van der Waals surface area contributed by atoms with E-state index < -0.39 is 0 Å². The summed E-state index contributed by atoms with van der Waals surface area (Å²) >= 11 is 6.64. The van der Waals surface area contributed by atoms with Gasteiger partial charge in [-0.3, -0.25) is 0 Å². The highest BCUT2D eigenvalue weighted by atomic mass is 79.9. The van der Waals surface area contributed by atoms with Crippen molar-refractivity contribution >= 4 is 37.9 Å². The lowest BCUT2D eigenvalue weighted by Gasteiger charge is -2.19. The predicted octanol–water partition coefficient (Wildman–Crippen LogP) is 3.55. The Balaban J connectivity index is 2.45. The first-order chi connectivity index (χ1) is 6.77. The number of fused-ring (bicyclic) bond motifs is 1. The van der Waals surface area contributed by atoms with Crippen LogP contribution >= 0.6 is 31.9 Å². The molecule has 2 rings (SSSR count). The molecule has 1 aromatic rings. The first-order valence-electron chi connectivity index (χ1n) is 4.18. The van der Waals surface area contributed by atoms with Crippen molar-refractivity contribution in [2.75, 3.05) is 13.2 Å². The summed E-state index contributed by atoms with van der Waals surface area (Å²) in [5, 5.41) is 0. The molecule has 0 unspecified atom stereocenters. The van der Waals surface area contributed by atoms with Gasteiger partial charge in [0.15, 0.2) is 11.5 Å². The minimum absolute atomic E-state index is 0.609. The van der Waals surface area contributed by atoms with E-state index in [4.69, 9.17) is 9.47 Å². The molecule has 1 aliphatic heterocycles. The summed E-state index contributed by atoms with van der Waals surface area (Å²) in [5.74, 6) is 1.63. The number of rotatable bonds is 1. The van der Waals surface area contributed by atoms with Crippen molar-refractivity contribution in [2.45, 2.75) is 0 Å². The molecule has 0 saturated heterocycles. The Bertz CT molecular complexity index is 370. The zero-order valence-electron chi connectivity index (χ0n) is 7.30. The van der Waals surface area contributed by atoms with Crippen molar-refractivity contribution in [1.82, 2.24) is 0 Å². The molecule has 1 aliphatic rings. The third-order valence-electron chi connectivity index (χ3n) is 1.86. The summed E-state index contributed by atoms with van der Waals surface area (Å²) in [5.41, 5.74) is 1.01. The van der Waals surface area contributed by atoms with Gasteiger partial charge in [0.1, 0.15) is 13.2 Å². The van der Waals surface area contributed by atoms with Gasteiger partial charge in [0.05, 0.1) is 3.39 Å². The molecule has 14 heavy (non-hydrogen) atoms. The fourth-order valence-corrected chi connectivity index (χ4v) is 1.82. The topological polar surface area (TPSA) is 18.5 Å². The largest absolute Gasteiger partial charge is 0.486 e. The summed E-state index contributed by atoms with van der Waals surface area (Å²) in [4.78, 5) is 0. The van der Waals surface area contributed by atoms with E-state index in [1.165, 1.54) is 0 Å². The number of hydrogen-bond acceptors (Lipinski definition) is 2. The van der Waals surface area contributed by atoms with E-state index in [1.54, 1.807) is 0 Å². The van der Waals surface area contributed by atoms with Crippen LogP contribution in [0.1, 0.15) is 5.56 Å². The maximum atomic E-state index is 5.54. The van der Waals surface area contributed by atoms with E-state index in [-0.39, 0.29) is 0 Å². The van der Waals surface area contributed by atoms with Crippen LogP contribution in [0.25, 0.3) is 6.08 Å². The number of hydrogen-bond donors (Lipinski definition) is 0. The normalized spacial score (nSPS) is 13.6. The molecule has 0 radical (unpaired) electrons. The molecule has 1 heterocycles. The van der Waals surface area contributed by atoms with Gasteiger partial charge in [0, 0.05) is 5.56 Å². The molecule has 1 aromatic carbocycles. The highest BCUT2D eigenvalue weighted by molar-refractivity contribution is 9.28. The average Bonchev–Trinajstić information content (AvgIpc) is 2.18. The van der Waals surface area contributed by atoms with E-state index in [2.05, 4.69) is 31.9 Å². The lowest BCUT2D eigenvalue weighted by molar-refractivity contribution is 0.171. The molecule has 0 aromatic heterocycles. The zero-order chi connectivity index (χ0) is 9.97. The van der Waals surface area contributed by atoms with Crippen molar-refractivity contribution in [3.05, 3.63) is 27.2 Å². The maximum absolute atomic E-state index is 5.54. The van der Waals surface area contributed by atoms with Crippen LogP contribution in [0, 0.1) is 0 Å². The molecule has 0 spiro atoms. The minimum Gasteiger partial charge on any atom is -0.486 e. The van der Waals surface area contributed by atoms with Crippen molar-refractivity contribution in [3.63, 3.8) is 0 Å². The van der Waals surface area contributed by atoms with Crippen molar-refractivity contribution in [3.8, 4) is 11.5 Å². The molecule has 74 valence electrons. The third kappa shape index (κ3) is 2.12. The van der Waals surface area contributed by atoms with Crippen LogP contribution in [0.2, 0.25) is 0 Å². The Labute approximate surface area is 99.2 Å². The summed E-state index contributed by atoms with van der Waals surface area (Å²) in [6, 6.07) is 5.84. The Morgan fingerprint density at radius 3 is 2.79 bits per heavy atom. The summed E-state index contributed by atoms with van der Waals surface area (Å²) < 4.78 is 11.9. The smallest absolute Gasteiger partial charge is 0.168 e. The first-order valence-corrected chi connectivity index (χ1v) is 5.77. The van der Waals surface area contributed by atoms with Gasteiger partial charge in [0.2, 0.25) is 0 Å². The van der Waals surface area contributed by atoms with Crippen LogP contribution in [-0.4, -0.2) is 13.2 Å². The molecule has 0 amide bonds. The average molecular weight is 320 g/mol. The van der Waals surface area contributed by atoms with Gasteiger partial charge in [-0.25, -0.2) is 0 Å². The number of para-hydroxylation sites is 1. The number of ether oxygens (including phenoxy) is 2. The molecule has 0 bridgehead atoms. The SMILES string of the molecule is BrC(Br)=Cc1cccc2c1OCCO2. The lowest BCUT2D eigenvalue weighted by atomic mass is 10.2. The molecule has 0 atom stereocenters. The second-order valence-corrected chi connectivity index (χ2v) is 5.58. The van der Waals surface area contributed by atoms with E-state index >= 15 is 0 Å². The molecule has 2 nitrogen and oxygen atoms in total. The van der Waals surface area contributed by atoms with E-state index in [0.29, 0.717) is 13.2 Å². The van der Waals surface area contributed by atoms with Crippen molar-refractivity contribution in [1.29, 1.82) is 0 Å². The van der Waals surface area contributed by atoms with Crippen LogP contribution in [0.5, 0.6) is 11.5 Å². The predicted molar refractivity (Wildman–Crippen MR) is 63.3 cm³/mol. The standard InChI is InChI=1S/C10H8Br2O2/c11-9(12)6-7-2-1-3-8-10(7)14-5-4-13-8/h1-3,6H,4-5H2. The minimum atomic E-state index is 0.609. The Morgan fingerprint density at radius 2 is 2.00 bits per heavy atom. The monoisotopic (exact) mass is 318 g/mol. The van der Waals surface area contributed by atoms with Crippen LogP contribution in [-0.2, 0) is 0 Å². The van der Waals surface area contributed by atoms with Crippen molar-refractivity contribution < 1.29 is 9.47 Å². The van der Waals surface area contributed by atoms with Gasteiger partial charge in [0.25, 0.3) is 0 Å². The molecular formula is C10H8Br2O2. The van der Waals surface area contributed by atoms with Gasteiger partial charge in [-0.2, -0.15) is 0 Å². The van der Waals surface area contributed by atoms with Gasteiger partial charge in [-0.15, -0.1) is 0 Å². The Kier molecular flexibility index (Phi) is 3.13. The second kappa shape index (κ2) is 4.36. The van der Waals surface area contributed by atoms with E-state index in [1.807, 2.05) is 24.3 Å². The van der Waals surface area contributed by atoms with E-state index in [0.717, 1.165) is 20.5 Å². The number of benzene rings is 1. The second-order valence-electron chi connectivity index (χ2n) is 2.81. The van der Waals surface area contributed by atoms with Gasteiger partial charge >= 0.3 is 0 Å². The van der Waals surface area contributed by atoms with Crippen LogP contribution in [0.3, 0.4) is 0 Å². The zero-order valence-corrected chi connectivity index (χ0v) is 10.5. The molecule has 0 fully saturated rings. The summed E-state index contributed by atoms with van der Waals surface area (Å²) in [6.07, 6.45) is 1.94. The maximum Gasteiger partial charge on any atom is 0.168 e. The third-order valence-corrected chi connectivity index (χ3v) is 2.32. The Morgan fingerprint density at radius 1 is 1.21 bits per heavy atom. The van der Waals surface area contributed by atoms with Crippen LogP contribution in [0.4, 0.5) is 0 Å². The van der Waals surface area contributed by atoms with Crippen molar-refractivity contribution in [2.24, 2.45) is 0 Å². The van der Waals surface area contributed by atoms with Crippen LogP contribution < -0.4 is 9.47 Å². The fourth-order valence-electron chi connectivity index (χ4n) is 1.33. The van der Waals surface area contributed by atoms with Gasteiger partial charge < -0.3 is 9.47 Å². The molecule has 0 saturated carbocycles. The fraction of sp³-hybridized carbons (Fsp3) is 0.200. The molecule has 0 N–H and O–H groups in total. The van der Waals surface area contributed by atoms with E-state index in [9.17, 15) is 0 Å². The summed E-state index contributed by atoms with van der Waals surface area (Å²) in [7, 11) is 0. The lowest BCUT2D eigenvalue weighted by Crippen LogP contribution is -2.15. The highest BCUT2D eigenvalue weighted by Gasteiger charge is 2.13. The summed E-state index contributed by atoms with van der Waals surface area (Å²) in [6.45, 7) is 1.23. The quantitative estimate of drug-likeness (QED) is 0.788. The first kappa shape index (κ1) is 10.1. The highest BCUT2D eigenvalue weighted by Crippen LogP contribution is 2.35.